The third-order valence-corrected chi connectivity index (χ3v) is 5.95. The summed E-state index contributed by atoms with van der Waals surface area (Å²) in [4.78, 5) is 34.1. The number of H-pyrrole nitrogens is 1. The molecule has 0 saturated carbocycles. The molecule has 1 atom stereocenters. The fourth-order valence-corrected chi connectivity index (χ4v) is 4.23. The first kappa shape index (κ1) is 20.7. The van der Waals surface area contributed by atoms with Crippen LogP contribution in [0.2, 0.25) is 0 Å². The summed E-state index contributed by atoms with van der Waals surface area (Å²) in [6.07, 6.45) is 4.98. The molecule has 4 heterocycles. The number of piperidine rings is 1. The zero-order valence-electron chi connectivity index (χ0n) is 17.0. The normalized spacial score (nSPS) is 16.0. The molecule has 0 spiro atoms. The number of amides is 2. The molecule has 1 aliphatic heterocycles. The lowest BCUT2D eigenvalue weighted by Gasteiger charge is -2.30. The Bertz CT molecular complexity index is 1190. The van der Waals surface area contributed by atoms with Crippen LogP contribution < -0.4 is 11.1 Å². The second-order valence-electron chi connectivity index (χ2n) is 7.49. The summed E-state index contributed by atoms with van der Waals surface area (Å²) in [5.41, 5.74) is 9.64. The van der Waals surface area contributed by atoms with E-state index in [2.05, 4.69) is 38.5 Å². The SMILES string of the molecule is CC1CCCN(C(=O)C(=O)Nc2cnc(N)c3[nH]ncc23)C1.c1ccc2scnc2c1. The van der Waals surface area contributed by atoms with Crippen LogP contribution in [0.15, 0.2) is 42.2 Å². The van der Waals surface area contributed by atoms with Crippen LogP contribution in [0.5, 0.6) is 0 Å². The van der Waals surface area contributed by atoms with E-state index in [-0.39, 0.29) is 0 Å². The highest BCUT2D eigenvalue weighted by atomic mass is 32.1. The summed E-state index contributed by atoms with van der Waals surface area (Å²) in [5, 5.41) is 9.83. The molecule has 0 aliphatic carbocycles. The standard InChI is InChI=1S/C14H18N6O2.C7H5NS/c1-8-3-2-4-20(7-8)14(22)13(21)18-10-6-16-12(15)11-9(10)5-17-19-11;1-2-4-7-6(3-1)8-5-9-7/h5-6,8H,2-4,7H2,1H3,(H2,15,16)(H,17,19)(H,18,21);1-5H. The summed E-state index contributed by atoms with van der Waals surface area (Å²) in [7, 11) is 0. The van der Waals surface area contributed by atoms with Crippen molar-refractivity contribution in [2.24, 2.45) is 5.92 Å². The van der Waals surface area contributed by atoms with Crippen molar-refractivity contribution in [1.29, 1.82) is 0 Å². The molecule has 160 valence electrons. The number of rotatable bonds is 1. The molecular weight excluding hydrogens is 414 g/mol. The second kappa shape index (κ2) is 9.09. The number of anilines is 2. The van der Waals surface area contributed by atoms with Crippen molar-refractivity contribution in [2.45, 2.75) is 19.8 Å². The number of likely N-dealkylation sites (tertiary alicyclic amines) is 1. The summed E-state index contributed by atoms with van der Waals surface area (Å²) in [5.74, 6) is -0.464. The number of hydrogen-bond donors (Lipinski definition) is 3. The Labute approximate surface area is 182 Å². The minimum absolute atomic E-state index is 0.293. The van der Waals surface area contributed by atoms with Gasteiger partial charge in [-0.3, -0.25) is 14.7 Å². The number of aromatic nitrogens is 4. The van der Waals surface area contributed by atoms with Crippen LogP contribution >= 0.6 is 11.3 Å². The number of nitrogens with zero attached hydrogens (tertiary/aromatic N) is 4. The van der Waals surface area contributed by atoms with Gasteiger partial charge in [-0.2, -0.15) is 5.10 Å². The molecule has 1 saturated heterocycles. The maximum Gasteiger partial charge on any atom is 0.313 e. The fraction of sp³-hybridized carbons (Fsp3) is 0.286. The number of carbonyl (C=O) groups is 2. The Morgan fingerprint density at radius 3 is 2.90 bits per heavy atom. The highest BCUT2D eigenvalue weighted by Gasteiger charge is 2.26. The number of pyridine rings is 1. The molecule has 4 N–H and O–H groups in total. The number of para-hydroxylation sites is 1. The van der Waals surface area contributed by atoms with Crippen LogP contribution in [0.3, 0.4) is 0 Å². The summed E-state index contributed by atoms with van der Waals surface area (Å²) in [6, 6.07) is 8.13. The molecule has 0 bridgehead atoms. The van der Waals surface area contributed by atoms with E-state index in [9.17, 15) is 9.59 Å². The zero-order valence-corrected chi connectivity index (χ0v) is 17.9. The number of hydrogen-bond acceptors (Lipinski definition) is 7. The smallest absolute Gasteiger partial charge is 0.313 e. The lowest BCUT2D eigenvalue weighted by Crippen LogP contribution is -2.44. The molecule has 9 nitrogen and oxygen atoms in total. The predicted molar refractivity (Wildman–Crippen MR) is 122 cm³/mol. The van der Waals surface area contributed by atoms with Gasteiger partial charge < -0.3 is 16.0 Å². The Morgan fingerprint density at radius 2 is 2.10 bits per heavy atom. The molecule has 1 aliphatic rings. The molecule has 4 aromatic rings. The minimum Gasteiger partial charge on any atom is -0.382 e. The third-order valence-electron chi connectivity index (χ3n) is 5.14. The first-order valence-electron chi connectivity index (χ1n) is 9.99. The van der Waals surface area contributed by atoms with E-state index < -0.39 is 11.8 Å². The topological polar surface area (TPSA) is 130 Å². The number of benzene rings is 1. The first-order chi connectivity index (χ1) is 15.0. The maximum absolute atomic E-state index is 12.2. The molecule has 1 unspecified atom stereocenters. The molecule has 1 fully saturated rings. The van der Waals surface area contributed by atoms with Gasteiger partial charge >= 0.3 is 11.8 Å². The number of nitrogen functional groups attached to an aromatic ring is 1. The average molecular weight is 438 g/mol. The Hall–Kier alpha value is -3.53. The van der Waals surface area contributed by atoms with Gasteiger partial charge in [-0.05, 0) is 30.9 Å². The van der Waals surface area contributed by atoms with Crippen LogP contribution in [-0.2, 0) is 9.59 Å². The third kappa shape index (κ3) is 4.64. The number of aromatic amines is 1. The van der Waals surface area contributed by atoms with Gasteiger partial charge in [0.15, 0.2) is 0 Å². The zero-order chi connectivity index (χ0) is 21.8. The molecule has 5 rings (SSSR count). The highest BCUT2D eigenvalue weighted by molar-refractivity contribution is 7.16. The van der Waals surface area contributed by atoms with Gasteiger partial charge in [0.25, 0.3) is 0 Å². The molecule has 10 heteroatoms. The molecule has 3 aromatic heterocycles. The Balaban J connectivity index is 0.000000212. The van der Waals surface area contributed by atoms with Crippen molar-refractivity contribution in [1.82, 2.24) is 25.1 Å². The van der Waals surface area contributed by atoms with Gasteiger partial charge in [0.05, 0.1) is 33.8 Å². The average Bonchev–Trinajstić information content (AvgIpc) is 3.46. The van der Waals surface area contributed by atoms with E-state index >= 15 is 0 Å². The van der Waals surface area contributed by atoms with Gasteiger partial charge in [0.1, 0.15) is 11.3 Å². The van der Waals surface area contributed by atoms with Crippen LogP contribution in [0.1, 0.15) is 19.8 Å². The van der Waals surface area contributed by atoms with E-state index in [1.807, 2.05) is 23.7 Å². The van der Waals surface area contributed by atoms with Gasteiger partial charge in [-0.25, -0.2) is 9.97 Å². The summed E-state index contributed by atoms with van der Waals surface area (Å²) < 4.78 is 1.26. The van der Waals surface area contributed by atoms with Crippen molar-refractivity contribution < 1.29 is 9.59 Å². The number of fused-ring (bicyclic) bond motifs is 2. The number of nitrogens with one attached hydrogen (secondary N) is 2. The Kier molecular flexibility index (Phi) is 6.08. The van der Waals surface area contributed by atoms with E-state index in [0.29, 0.717) is 41.4 Å². The number of thiazole rings is 1. The maximum atomic E-state index is 12.2. The van der Waals surface area contributed by atoms with Crippen LogP contribution in [0.25, 0.3) is 21.1 Å². The molecule has 1 aromatic carbocycles. The summed E-state index contributed by atoms with van der Waals surface area (Å²) >= 11 is 1.68. The molecule has 0 radical (unpaired) electrons. The molecule has 2 amide bonds. The van der Waals surface area contributed by atoms with Crippen molar-refractivity contribution in [3.05, 3.63) is 42.2 Å². The lowest BCUT2D eigenvalue weighted by molar-refractivity contribution is -0.144. The predicted octanol–water partition coefficient (Wildman–Crippen LogP) is 3.03. The van der Waals surface area contributed by atoms with E-state index in [0.717, 1.165) is 18.4 Å². The van der Waals surface area contributed by atoms with Gasteiger partial charge in [-0.1, -0.05) is 19.1 Å². The van der Waals surface area contributed by atoms with E-state index in [1.54, 1.807) is 16.2 Å². The van der Waals surface area contributed by atoms with Crippen molar-refractivity contribution in [3.63, 3.8) is 0 Å². The second-order valence-corrected chi connectivity index (χ2v) is 8.37. The first-order valence-corrected chi connectivity index (χ1v) is 10.9. The number of nitrogens with two attached hydrogens (primary N) is 1. The van der Waals surface area contributed by atoms with Gasteiger partial charge in [0, 0.05) is 18.5 Å². The van der Waals surface area contributed by atoms with Gasteiger partial charge in [0.2, 0.25) is 0 Å². The quantitative estimate of drug-likeness (QED) is 0.393. The van der Waals surface area contributed by atoms with E-state index in [4.69, 9.17) is 5.73 Å². The van der Waals surface area contributed by atoms with Crippen molar-refractivity contribution >= 4 is 55.8 Å². The Morgan fingerprint density at radius 1 is 1.26 bits per heavy atom. The molecule has 31 heavy (non-hydrogen) atoms. The molecular formula is C21H23N7O2S. The minimum atomic E-state index is -0.664. The van der Waals surface area contributed by atoms with Crippen molar-refractivity contribution in [2.75, 3.05) is 24.1 Å². The monoisotopic (exact) mass is 437 g/mol. The van der Waals surface area contributed by atoms with E-state index in [1.165, 1.54) is 17.1 Å². The fourth-order valence-electron chi connectivity index (χ4n) is 3.55. The highest BCUT2D eigenvalue weighted by Crippen LogP contribution is 2.24. The largest absolute Gasteiger partial charge is 0.382 e. The van der Waals surface area contributed by atoms with Gasteiger partial charge in [-0.15, -0.1) is 11.3 Å². The lowest BCUT2D eigenvalue weighted by atomic mass is 10.0. The summed E-state index contributed by atoms with van der Waals surface area (Å²) in [6.45, 7) is 3.32. The van der Waals surface area contributed by atoms with Crippen LogP contribution in [0, 0.1) is 5.92 Å². The van der Waals surface area contributed by atoms with Crippen molar-refractivity contribution in [3.8, 4) is 0 Å². The number of carbonyl (C=O) groups excluding carboxylic acids is 2. The van der Waals surface area contributed by atoms with Crippen LogP contribution in [0.4, 0.5) is 11.5 Å². The van der Waals surface area contributed by atoms with Crippen LogP contribution in [-0.4, -0.2) is 50.0 Å².